The monoisotopic (exact) mass is 304 g/mol. The molecule has 1 aromatic rings. The minimum atomic E-state index is -0.211. The number of thiophene rings is 1. The summed E-state index contributed by atoms with van der Waals surface area (Å²) in [6, 6.07) is 4.67. The number of hydrogen-bond acceptors (Lipinski definition) is 3. The summed E-state index contributed by atoms with van der Waals surface area (Å²) < 4.78 is 0. The van der Waals surface area contributed by atoms with Gasteiger partial charge in [-0.05, 0) is 55.4 Å². The predicted octanol–water partition coefficient (Wildman–Crippen LogP) is 3.54. The molecule has 1 N–H and O–H groups in total. The van der Waals surface area contributed by atoms with E-state index in [1.165, 1.54) is 17.7 Å². The molecular formula is C17H24N2OS. The van der Waals surface area contributed by atoms with Crippen molar-refractivity contribution in [3.05, 3.63) is 22.4 Å². The van der Waals surface area contributed by atoms with Crippen molar-refractivity contribution in [1.29, 1.82) is 0 Å². The van der Waals surface area contributed by atoms with Gasteiger partial charge in [0.05, 0.1) is 0 Å². The third kappa shape index (κ3) is 2.15. The van der Waals surface area contributed by atoms with Crippen molar-refractivity contribution in [3.8, 4) is 0 Å². The maximum atomic E-state index is 13.0. The maximum absolute atomic E-state index is 13.0. The molecule has 0 bridgehead atoms. The highest BCUT2D eigenvalue weighted by atomic mass is 32.1. The van der Waals surface area contributed by atoms with Gasteiger partial charge in [0, 0.05) is 10.9 Å². The van der Waals surface area contributed by atoms with Crippen molar-refractivity contribution < 1.29 is 4.79 Å². The molecule has 0 radical (unpaired) electrons. The first-order valence-corrected chi connectivity index (χ1v) is 9.12. The van der Waals surface area contributed by atoms with E-state index in [1.54, 1.807) is 11.3 Å². The van der Waals surface area contributed by atoms with E-state index in [2.05, 4.69) is 41.6 Å². The summed E-state index contributed by atoms with van der Waals surface area (Å²) in [7, 11) is 0. The first kappa shape index (κ1) is 13.8. The average molecular weight is 304 g/mol. The van der Waals surface area contributed by atoms with Gasteiger partial charge < -0.3 is 4.90 Å². The van der Waals surface area contributed by atoms with Gasteiger partial charge in [-0.3, -0.25) is 10.1 Å². The van der Waals surface area contributed by atoms with E-state index >= 15 is 0 Å². The number of rotatable bonds is 2. The Balaban J connectivity index is 1.65. The van der Waals surface area contributed by atoms with Gasteiger partial charge in [0.25, 0.3) is 0 Å². The Kier molecular flexibility index (Phi) is 3.16. The molecule has 2 saturated carbocycles. The molecular weight excluding hydrogens is 280 g/mol. The van der Waals surface area contributed by atoms with E-state index in [-0.39, 0.29) is 11.7 Å². The summed E-state index contributed by atoms with van der Waals surface area (Å²) in [6.45, 7) is 4.67. The van der Waals surface area contributed by atoms with Crippen LogP contribution in [0.25, 0.3) is 0 Å². The lowest BCUT2D eigenvalue weighted by Gasteiger charge is -2.41. The predicted molar refractivity (Wildman–Crippen MR) is 85.0 cm³/mol. The molecule has 3 aliphatic rings. The molecule has 4 heteroatoms. The molecule has 4 unspecified atom stereocenters. The third-order valence-electron chi connectivity index (χ3n) is 5.64. The number of nitrogens with zero attached hydrogens (tertiary/aromatic N) is 1. The van der Waals surface area contributed by atoms with E-state index in [4.69, 9.17) is 0 Å². The van der Waals surface area contributed by atoms with Crippen molar-refractivity contribution in [3.63, 3.8) is 0 Å². The second kappa shape index (κ2) is 4.82. The van der Waals surface area contributed by atoms with Crippen LogP contribution in [0.1, 0.15) is 57.0 Å². The van der Waals surface area contributed by atoms with Crippen molar-refractivity contribution in [2.45, 2.75) is 63.7 Å². The van der Waals surface area contributed by atoms with E-state index < -0.39 is 0 Å². The van der Waals surface area contributed by atoms with Crippen LogP contribution in [0, 0.1) is 11.8 Å². The van der Waals surface area contributed by atoms with Crippen LogP contribution in [0.4, 0.5) is 0 Å². The van der Waals surface area contributed by atoms with Crippen LogP contribution in [-0.4, -0.2) is 22.4 Å². The molecule has 1 spiro atoms. The van der Waals surface area contributed by atoms with E-state index in [1.807, 2.05) is 0 Å². The number of hydrogen-bond donors (Lipinski definition) is 1. The smallest absolute Gasteiger partial charge is 0.244 e. The molecule has 3 fully saturated rings. The fourth-order valence-electron chi connectivity index (χ4n) is 4.30. The summed E-state index contributed by atoms with van der Waals surface area (Å²) in [5.41, 5.74) is -0.211. The minimum Gasteiger partial charge on any atom is -0.317 e. The molecule has 1 saturated heterocycles. The summed E-state index contributed by atoms with van der Waals surface area (Å²) in [4.78, 5) is 16.5. The van der Waals surface area contributed by atoms with Crippen LogP contribution in [0.5, 0.6) is 0 Å². The summed E-state index contributed by atoms with van der Waals surface area (Å²) in [5, 5.41) is 5.77. The van der Waals surface area contributed by atoms with Crippen molar-refractivity contribution in [2.75, 3.05) is 0 Å². The molecule has 3 nitrogen and oxygen atoms in total. The summed E-state index contributed by atoms with van der Waals surface area (Å²) in [5.74, 6) is 1.78. The largest absolute Gasteiger partial charge is 0.317 e. The average Bonchev–Trinajstić information content (AvgIpc) is 2.92. The molecule has 2 heterocycles. The Morgan fingerprint density at radius 2 is 2.14 bits per heavy atom. The highest BCUT2D eigenvalue weighted by Crippen LogP contribution is 2.49. The maximum Gasteiger partial charge on any atom is 0.244 e. The van der Waals surface area contributed by atoms with Crippen LogP contribution in [-0.2, 0) is 4.79 Å². The van der Waals surface area contributed by atoms with Crippen molar-refractivity contribution >= 4 is 17.2 Å². The number of carbonyl (C=O) groups is 1. The first-order chi connectivity index (χ1) is 10.1. The fraction of sp³-hybridized carbons (Fsp3) is 0.706. The molecule has 1 amide bonds. The Bertz CT molecular complexity index is 537. The first-order valence-electron chi connectivity index (χ1n) is 8.24. The molecule has 1 aliphatic heterocycles. The van der Waals surface area contributed by atoms with Gasteiger partial charge in [-0.1, -0.05) is 19.9 Å². The Labute approximate surface area is 130 Å². The standard InChI is InChI=1S/C17H24N2OS/c1-11-5-6-13(12(2)10-11)19-15(14-4-3-9-21-14)18-17(7-8-17)16(19)20/h3-4,9,11-13,15,18H,5-8,10H2,1-2H3. The summed E-state index contributed by atoms with van der Waals surface area (Å²) >= 11 is 1.76. The minimum absolute atomic E-state index is 0.112. The van der Waals surface area contributed by atoms with Gasteiger partial charge in [-0.2, -0.15) is 0 Å². The molecule has 4 rings (SSSR count). The van der Waals surface area contributed by atoms with Crippen LogP contribution in [0.3, 0.4) is 0 Å². The van der Waals surface area contributed by atoms with Gasteiger partial charge >= 0.3 is 0 Å². The SMILES string of the molecule is CC1CCC(N2C(=O)C3(CC3)NC2c2cccs2)C(C)C1. The normalized spacial score (nSPS) is 38.2. The lowest BCUT2D eigenvalue weighted by molar-refractivity contribution is -0.135. The van der Waals surface area contributed by atoms with Crippen LogP contribution in [0.15, 0.2) is 17.5 Å². The molecule has 1 aromatic heterocycles. The lowest BCUT2D eigenvalue weighted by Crippen LogP contribution is -2.46. The Hall–Kier alpha value is -0.870. The third-order valence-corrected chi connectivity index (χ3v) is 6.57. The van der Waals surface area contributed by atoms with E-state index in [9.17, 15) is 4.79 Å². The van der Waals surface area contributed by atoms with Gasteiger partial charge in [0.2, 0.25) is 5.91 Å². The zero-order valence-corrected chi connectivity index (χ0v) is 13.7. The van der Waals surface area contributed by atoms with Crippen LogP contribution in [0.2, 0.25) is 0 Å². The van der Waals surface area contributed by atoms with E-state index in [0.717, 1.165) is 25.2 Å². The van der Waals surface area contributed by atoms with E-state index in [0.29, 0.717) is 17.9 Å². The summed E-state index contributed by atoms with van der Waals surface area (Å²) in [6.07, 6.45) is 5.81. The second-order valence-corrected chi connectivity index (χ2v) is 8.30. The Morgan fingerprint density at radius 3 is 2.76 bits per heavy atom. The fourth-order valence-corrected chi connectivity index (χ4v) is 5.07. The zero-order valence-electron chi connectivity index (χ0n) is 12.8. The molecule has 21 heavy (non-hydrogen) atoms. The number of carbonyl (C=O) groups excluding carboxylic acids is 1. The van der Waals surface area contributed by atoms with Crippen LogP contribution < -0.4 is 5.32 Å². The number of nitrogens with one attached hydrogen (secondary N) is 1. The topological polar surface area (TPSA) is 32.3 Å². The highest BCUT2D eigenvalue weighted by Gasteiger charge is 2.61. The highest BCUT2D eigenvalue weighted by molar-refractivity contribution is 7.10. The molecule has 0 aromatic carbocycles. The molecule has 114 valence electrons. The number of amides is 1. The van der Waals surface area contributed by atoms with Crippen LogP contribution >= 0.6 is 11.3 Å². The zero-order chi connectivity index (χ0) is 14.6. The van der Waals surface area contributed by atoms with Gasteiger partial charge in [-0.25, -0.2) is 0 Å². The second-order valence-electron chi connectivity index (χ2n) is 7.32. The van der Waals surface area contributed by atoms with Gasteiger partial charge in [0.1, 0.15) is 11.7 Å². The quantitative estimate of drug-likeness (QED) is 0.906. The Morgan fingerprint density at radius 1 is 1.33 bits per heavy atom. The van der Waals surface area contributed by atoms with Crippen molar-refractivity contribution in [2.24, 2.45) is 11.8 Å². The van der Waals surface area contributed by atoms with Crippen molar-refractivity contribution in [1.82, 2.24) is 10.2 Å². The van der Waals surface area contributed by atoms with Gasteiger partial charge in [0.15, 0.2) is 0 Å². The lowest BCUT2D eigenvalue weighted by atomic mass is 9.79. The molecule has 4 atom stereocenters. The molecule has 2 aliphatic carbocycles. The van der Waals surface area contributed by atoms with Gasteiger partial charge in [-0.15, -0.1) is 11.3 Å².